The van der Waals surface area contributed by atoms with Crippen LogP contribution in [0.15, 0.2) is 41.2 Å². The average Bonchev–Trinajstić information content (AvgIpc) is 2.49. The number of H-pyrrole nitrogens is 1. The molecule has 0 saturated carbocycles. The van der Waals surface area contributed by atoms with Crippen LogP contribution in [0.3, 0.4) is 0 Å². The largest absolute Gasteiger partial charge is 0.481 e. The van der Waals surface area contributed by atoms with Crippen LogP contribution >= 0.6 is 0 Å². The molecule has 0 saturated heterocycles. The molecule has 7 heteroatoms. The summed E-state index contributed by atoms with van der Waals surface area (Å²) in [7, 11) is 0. The van der Waals surface area contributed by atoms with E-state index in [0.717, 1.165) is 5.56 Å². The van der Waals surface area contributed by atoms with Crippen LogP contribution in [0, 0.1) is 6.92 Å². The van der Waals surface area contributed by atoms with E-state index in [1.807, 2.05) is 18.2 Å². The number of ether oxygens (including phenoxy) is 1. The van der Waals surface area contributed by atoms with E-state index in [0.29, 0.717) is 5.69 Å². The Morgan fingerprint density at radius 3 is 2.61 bits per heavy atom. The summed E-state index contributed by atoms with van der Waals surface area (Å²) >= 11 is 0. The average molecular weight is 316 g/mol. The Bertz CT molecular complexity index is 768. The monoisotopic (exact) mass is 316 g/mol. The minimum absolute atomic E-state index is 0.0463. The SMILES string of the molecule is Cc1cc(CC(=O)O)c(NC(=O)OCc2ccccc2)c(=O)[nH]1. The molecule has 120 valence electrons. The van der Waals surface area contributed by atoms with E-state index in [9.17, 15) is 14.4 Å². The summed E-state index contributed by atoms with van der Waals surface area (Å²) in [5, 5.41) is 11.2. The summed E-state index contributed by atoms with van der Waals surface area (Å²) in [6.07, 6.45) is -1.20. The summed E-state index contributed by atoms with van der Waals surface area (Å²) in [6, 6.07) is 10.6. The van der Waals surface area contributed by atoms with E-state index in [1.54, 1.807) is 19.1 Å². The van der Waals surface area contributed by atoms with Crippen LogP contribution in [-0.2, 0) is 22.6 Å². The van der Waals surface area contributed by atoms with Gasteiger partial charge in [-0.05, 0) is 24.1 Å². The Morgan fingerprint density at radius 1 is 1.26 bits per heavy atom. The Balaban J connectivity index is 2.11. The van der Waals surface area contributed by atoms with Gasteiger partial charge >= 0.3 is 12.1 Å². The molecule has 2 aromatic rings. The van der Waals surface area contributed by atoms with Crippen molar-refractivity contribution >= 4 is 17.7 Å². The number of hydrogen-bond donors (Lipinski definition) is 3. The quantitative estimate of drug-likeness (QED) is 0.782. The predicted octanol–water partition coefficient (Wildman–Crippen LogP) is 2.06. The zero-order valence-electron chi connectivity index (χ0n) is 12.5. The van der Waals surface area contributed by atoms with Gasteiger partial charge in [0.05, 0.1) is 6.42 Å². The maximum absolute atomic E-state index is 11.9. The van der Waals surface area contributed by atoms with Crippen molar-refractivity contribution in [1.82, 2.24) is 4.98 Å². The number of aryl methyl sites for hydroxylation is 1. The van der Waals surface area contributed by atoms with Gasteiger partial charge in [0.15, 0.2) is 0 Å². The molecule has 0 fully saturated rings. The lowest BCUT2D eigenvalue weighted by atomic mass is 10.1. The zero-order chi connectivity index (χ0) is 16.8. The van der Waals surface area contributed by atoms with Crippen molar-refractivity contribution in [3.63, 3.8) is 0 Å². The highest BCUT2D eigenvalue weighted by molar-refractivity contribution is 5.86. The van der Waals surface area contributed by atoms with Crippen molar-refractivity contribution in [2.75, 3.05) is 5.32 Å². The smallest absolute Gasteiger partial charge is 0.412 e. The number of aliphatic carboxylic acids is 1. The van der Waals surface area contributed by atoms with Crippen molar-refractivity contribution in [2.45, 2.75) is 20.0 Å². The van der Waals surface area contributed by atoms with Gasteiger partial charge in [-0.15, -0.1) is 0 Å². The molecule has 0 radical (unpaired) electrons. The van der Waals surface area contributed by atoms with Gasteiger partial charge in [0.2, 0.25) is 0 Å². The third-order valence-corrected chi connectivity index (χ3v) is 3.03. The minimum atomic E-state index is -1.10. The molecule has 1 aromatic carbocycles. The van der Waals surface area contributed by atoms with Crippen LogP contribution in [-0.4, -0.2) is 22.2 Å². The number of carbonyl (C=O) groups excluding carboxylic acids is 1. The van der Waals surface area contributed by atoms with Crippen LogP contribution in [0.4, 0.5) is 10.5 Å². The van der Waals surface area contributed by atoms with E-state index in [2.05, 4.69) is 10.3 Å². The third-order valence-electron chi connectivity index (χ3n) is 3.03. The molecule has 0 unspecified atom stereocenters. The van der Waals surface area contributed by atoms with Crippen molar-refractivity contribution in [3.05, 3.63) is 63.6 Å². The van der Waals surface area contributed by atoms with E-state index in [-0.39, 0.29) is 24.3 Å². The second kappa shape index (κ2) is 7.26. The number of aromatic amines is 1. The number of hydrogen-bond acceptors (Lipinski definition) is 4. The molecular formula is C16H16N2O5. The van der Waals surface area contributed by atoms with Gasteiger partial charge in [0, 0.05) is 5.69 Å². The van der Waals surface area contributed by atoms with Gasteiger partial charge in [0.25, 0.3) is 5.56 Å². The Hall–Kier alpha value is -3.09. The number of anilines is 1. The van der Waals surface area contributed by atoms with Gasteiger partial charge in [-0.1, -0.05) is 30.3 Å². The molecule has 1 amide bonds. The Morgan fingerprint density at radius 2 is 1.96 bits per heavy atom. The molecule has 0 aliphatic carbocycles. The number of benzene rings is 1. The van der Waals surface area contributed by atoms with E-state index in [1.165, 1.54) is 6.07 Å². The normalized spacial score (nSPS) is 10.1. The van der Waals surface area contributed by atoms with Crippen molar-refractivity contribution in [2.24, 2.45) is 0 Å². The van der Waals surface area contributed by atoms with Gasteiger partial charge < -0.3 is 14.8 Å². The molecule has 2 rings (SSSR count). The molecule has 3 N–H and O–H groups in total. The molecule has 7 nitrogen and oxygen atoms in total. The lowest BCUT2D eigenvalue weighted by Gasteiger charge is -2.10. The molecule has 0 bridgehead atoms. The fourth-order valence-electron chi connectivity index (χ4n) is 2.06. The minimum Gasteiger partial charge on any atom is -0.481 e. The number of pyridine rings is 1. The van der Waals surface area contributed by atoms with Gasteiger partial charge in [-0.25, -0.2) is 4.79 Å². The highest BCUT2D eigenvalue weighted by atomic mass is 16.5. The lowest BCUT2D eigenvalue weighted by Crippen LogP contribution is -2.23. The summed E-state index contributed by atoms with van der Waals surface area (Å²) in [5.41, 5.74) is 0.838. The predicted molar refractivity (Wildman–Crippen MR) is 83.4 cm³/mol. The van der Waals surface area contributed by atoms with Crippen LogP contribution in [0.5, 0.6) is 0 Å². The molecule has 0 aliphatic heterocycles. The van der Waals surface area contributed by atoms with E-state index in [4.69, 9.17) is 9.84 Å². The number of aromatic nitrogens is 1. The van der Waals surface area contributed by atoms with Crippen molar-refractivity contribution in [1.29, 1.82) is 0 Å². The first kappa shape index (κ1) is 16.3. The number of nitrogens with one attached hydrogen (secondary N) is 2. The summed E-state index contributed by atoms with van der Waals surface area (Å²) < 4.78 is 5.03. The number of carbonyl (C=O) groups is 2. The topological polar surface area (TPSA) is 108 Å². The van der Waals surface area contributed by atoms with E-state index >= 15 is 0 Å². The molecular weight excluding hydrogens is 300 g/mol. The highest BCUT2D eigenvalue weighted by Crippen LogP contribution is 2.13. The molecule has 1 heterocycles. The zero-order valence-corrected chi connectivity index (χ0v) is 12.5. The molecule has 1 aromatic heterocycles. The number of rotatable bonds is 5. The van der Waals surface area contributed by atoms with Crippen LogP contribution in [0.1, 0.15) is 16.8 Å². The van der Waals surface area contributed by atoms with Crippen LogP contribution in [0.25, 0.3) is 0 Å². The summed E-state index contributed by atoms with van der Waals surface area (Å²) in [6.45, 7) is 1.68. The molecule has 0 atom stereocenters. The fraction of sp³-hybridized carbons (Fsp3) is 0.188. The highest BCUT2D eigenvalue weighted by Gasteiger charge is 2.15. The van der Waals surface area contributed by atoms with Crippen molar-refractivity contribution < 1.29 is 19.4 Å². The Labute approximate surface area is 131 Å². The Kier molecular flexibility index (Phi) is 5.14. The lowest BCUT2D eigenvalue weighted by molar-refractivity contribution is -0.136. The third kappa shape index (κ3) is 4.70. The summed E-state index contributed by atoms with van der Waals surface area (Å²) in [4.78, 5) is 37.2. The van der Waals surface area contributed by atoms with Crippen LogP contribution in [0.2, 0.25) is 0 Å². The molecule has 23 heavy (non-hydrogen) atoms. The van der Waals surface area contributed by atoms with Gasteiger partial charge in [0.1, 0.15) is 12.3 Å². The maximum Gasteiger partial charge on any atom is 0.412 e. The summed E-state index contributed by atoms with van der Waals surface area (Å²) in [5.74, 6) is -1.10. The number of amides is 1. The van der Waals surface area contributed by atoms with Gasteiger partial charge in [-0.3, -0.25) is 14.9 Å². The van der Waals surface area contributed by atoms with Gasteiger partial charge in [-0.2, -0.15) is 0 Å². The fourth-order valence-corrected chi connectivity index (χ4v) is 2.06. The van der Waals surface area contributed by atoms with E-state index < -0.39 is 17.6 Å². The first-order valence-electron chi connectivity index (χ1n) is 6.88. The first-order valence-corrected chi connectivity index (χ1v) is 6.88. The number of carboxylic acid groups (broad SMARTS) is 1. The maximum atomic E-state index is 11.9. The number of carboxylic acids is 1. The molecule has 0 aliphatic rings. The standard InChI is InChI=1S/C16H16N2O5/c1-10-7-12(8-13(19)20)14(15(21)17-10)18-16(22)23-9-11-5-3-2-4-6-11/h2-7H,8-9H2,1H3,(H,17,21)(H,18,22)(H,19,20). The van der Waals surface area contributed by atoms with Crippen molar-refractivity contribution in [3.8, 4) is 0 Å². The molecule has 0 spiro atoms. The second-order valence-corrected chi connectivity index (χ2v) is 4.94. The first-order chi connectivity index (χ1) is 11.0. The second-order valence-electron chi connectivity index (χ2n) is 4.94. The van der Waals surface area contributed by atoms with Crippen LogP contribution < -0.4 is 10.9 Å².